The summed E-state index contributed by atoms with van der Waals surface area (Å²) >= 11 is 0. The number of carbonyl (C=O) groups is 4. The molecule has 0 aromatic heterocycles. The fraction of sp³-hybridized carbons (Fsp3) is 0.750. The molecule has 0 fully saturated rings. The van der Waals surface area contributed by atoms with Crippen molar-refractivity contribution in [3.05, 3.63) is 11.8 Å². The van der Waals surface area contributed by atoms with Gasteiger partial charge in [0.15, 0.2) is 5.76 Å². The summed E-state index contributed by atoms with van der Waals surface area (Å²) in [5.74, 6) is -2.56. The van der Waals surface area contributed by atoms with E-state index >= 15 is 0 Å². The highest BCUT2D eigenvalue weighted by molar-refractivity contribution is 5.98. The molecule has 33 heavy (non-hydrogen) atoms. The van der Waals surface area contributed by atoms with E-state index in [9.17, 15) is 19.2 Å². The van der Waals surface area contributed by atoms with Crippen LogP contribution in [-0.2, 0) is 38.1 Å². The number of unbranched alkanes of at least 4 members (excludes halogenated alkanes) is 9. The Morgan fingerprint density at radius 2 is 1.55 bits per heavy atom. The van der Waals surface area contributed by atoms with Gasteiger partial charge in [-0.05, 0) is 12.5 Å². The molecule has 1 unspecified atom stereocenters. The number of hydrogen-bond donors (Lipinski definition) is 1. The molecule has 1 heterocycles. The third kappa shape index (κ3) is 13.8. The van der Waals surface area contributed by atoms with Gasteiger partial charge in [-0.1, -0.05) is 64.7 Å². The zero-order chi connectivity index (χ0) is 24.5. The van der Waals surface area contributed by atoms with E-state index in [2.05, 4.69) is 12.2 Å². The van der Waals surface area contributed by atoms with Gasteiger partial charge in [0.25, 0.3) is 5.78 Å². The highest BCUT2D eigenvalue weighted by Gasteiger charge is 2.35. The number of hydrogen-bond acceptors (Lipinski definition) is 8. The first kappa shape index (κ1) is 28.8. The fourth-order valence-corrected chi connectivity index (χ4v) is 3.31. The van der Waals surface area contributed by atoms with Crippen LogP contribution in [0.1, 0.15) is 85.0 Å². The number of ketones is 1. The summed E-state index contributed by atoms with van der Waals surface area (Å²) in [6, 6.07) is 0. The molecule has 0 saturated heterocycles. The highest BCUT2D eigenvalue weighted by atomic mass is 16.7. The lowest BCUT2D eigenvalue weighted by molar-refractivity contribution is -0.191. The maximum absolute atomic E-state index is 12.4. The molecular formula is C24H39NO8. The second-order valence-electron chi connectivity index (χ2n) is 8.14. The maximum atomic E-state index is 12.4. The van der Waals surface area contributed by atoms with Crippen molar-refractivity contribution in [2.75, 3.05) is 19.8 Å². The average Bonchev–Trinajstić information content (AvgIpc) is 2.76. The summed E-state index contributed by atoms with van der Waals surface area (Å²) in [5.41, 5.74) is 0. The molecule has 1 rings (SSSR count). The molecule has 0 aromatic rings. The van der Waals surface area contributed by atoms with E-state index in [0.29, 0.717) is 6.54 Å². The second kappa shape index (κ2) is 17.2. The number of rotatable bonds is 17. The molecule has 0 aromatic carbocycles. The largest absolute Gasteiger partial charge is 0.463 e. The van der Waals surface area contributed by atoms with E-state index in [0.717, 1.165) is 26.2 Å². The van der Waals surface area contributed by atoms with Gasteiger partial charge >= 0.3 is 11.9 Å². The van der Waals surface area contributed by atoms with Gasteiger partial charge in [0.2, 0.25) is 12.2 Å². The van der Waals surface area contributed by atoms with Gasteiger partial charge in [-0.2, -0.15) is 0 Å². The van der Waals surface area contributed by atoms with Crippen molar-refractivity contribution in [2.24, 2.45) is 0 Å². The lowest BCUT2D eigenvalue weighted by atomic mass is 10.1. The molecule has 0 spiro atoms. The van der Waals surface area contributed by atoms with Crippen LogP contribution in [0, 0.1) is 0 Å². The monoisotopic (exact) mass is 469 g/mol. The Morgan fingerprint density at radius 1 is 0.939 bits per heavy atom. The predicted molar refractivity (Wildman–Crippen MR) is 121 cm³/mol. The fourth-order valence-electron chi connectivity index (χ4n) is 3.31. The van der Waals surface area contributed by atoms with Crippen molar-refractivity contribution in [3.8, 4) is 0 Å². The van der Waals surface area contributed by atoms with Crippen LogP contribution in [0.4, 0.5) is 0 Å². The summed E-state index contributed by atoms with van der Waals surface area (Å²) in [5, 5.41) is 2.76. The Hall–Kier alpha value is -2.26. The van der Waals surface area contributed by atoms with E-state index in [4.69, 9.17) is 18.9 Å². The molecule has 1 aliphatic rings. The van der Waals surface area contributed by atoms with Crippen molar-refractivity contribution in [3.63, 3.8) is 0 Å². The molecule has 1 amide bonds. The summed E-state index contributed by atoms with van der Waals surface area (Å²) in [4.78, 5) is 46.7. The minimum Gasteiger partial charge on any atom is -0.463 e. The van der Waals surface area contributed by atoms with Crippen LogP contribution in [0.25, 0.3) is 0 Å². The Kier molecular flexibility index (Phi) is 15.0. The second-order valence-corrected chi connectivity index (χ2v) is 8.14. The normalized spacial score (nSPS) is 17.9. The number of nitrogens with one attached hydrogen (secondary N) is 1. The molecule has 0 bridgehead atoms. The quantitative estimate of drug-likeness (QED) is 0.255. The topological polar surface area (TPSA) is 117 Å². The molecule has 9 nitrogen and oxygen atoms in total. The number of Topliss-reactive ketones (excluding diaryl/α,β-unsaturated/α-hetero) is 1. The first-order valence-corrected chi connectivity index (χ1v) is 11.9. The molecule has 9 heteroatoms. The molecule has 2 atom stereocenters. The lowest BCUT2D eigenvalue weighted by Crippen LogP contribution is -2.42. The van der Waals surface area contributed by atoms with E-state index in [1.165, 1.54) is 57.9 Å². The number of ether oxygens (including phenoxy) is 4. The van der Waals surface area contributed by atoms with E-state index < -0.39 is 30.1 Å². The Morgan fingerprint density at radius 3 is 2.12 bits per heavy atom. The molecule has 188 valence electrons. The SMILES string of the molecule is CCCCCCCCCCCCNC(=O)CO[C@H]1OC(COC(C)=O)C=C(OC(C)=O)C1=O. The minimum atomic E-state index is -1.44. The van der Waals surface area contributed by atoms with Crippen LogP contribution in [-0.4, -0.2) is 55.8 Å². The van der Waals surface area contributed by atoms with Crippen LogP contribution in [0.3, 0.4) is 0 Å². The predicted octanol–water partition coefficient (Wildman–Crippen LogP) is 3.34. The van der Waals surface area contributed by atoms with Gasteiger partial charge in [-0.25, -0.2) is 0 Å². The molecule has 1 N–H and O–H groups in total. The number of esters is 2. The van der Waals surface area contributed by atoms with Crippen LogP contribution in [0.2, 0.25) is 0 Å². The Labute approximate surface area is 196 Å². The van der Waals surface area contributed by atoms with E-state index in [-0.39, 0.29) is 24.9 Å². The van der Waals surface area contributed by atoms with E-state index in [1.54, 1.807) is 0 Å². The third-order valence-electron chi connectivity index (χ3n) is 5.02. The summed E-state index contributed by atoms with van der Waals surface area (Å²) < 4.78 is 20.5. The van der Waals surface area contributed by atoms with Crippen molar-refractivity contribution < 1.29 is 38.1 Å². The van der Waals surface area contributed by atoms with Crippen molar-refractivity contribution in [2.45, 2.75) is 97.4 Å². The van der Waals surface area contributed by atoms with Crippen LogP contribution < -0.4 is 5.32 Å². The number of carbonyl (C=O) groups excluding carboxylic acids is 4. The Balaban J connectivity index is 2.26. The summed E-state index contributed by atoms with van der Waals surface area (Å²) in [6.07, 6.45) is 11.1. The van der Waals surface area contributed by atoms with Gasteiger partial charge in [-0.15, -0.1) is 0 Å². The average molecular weight is 470 g/mol. The van der Waals surface area contributed by atoms with Gasteiger partial charge in [0.1, 0.15) is 19.3 Å². The minimum absolute atomic E-state index is 0.182. The first-order chi connectivity index (χ1) is 15.8. The molecular weight excluding hydrogens is 430 g/mol. The zero-order valence-electron chi connectivity index (χ0n) is 20.2. The maximum Gasteiger partial charge on any atom is 0.308 e. The molecule has 0 saturated carbocycles. The van der Waals surface area contributed by atoms with Crippen LogP contribution >= 0.6 is 0 Å². The van der Waals surface area contributed by atoms with Crippen molar-refractivity contribution in [1.29, 1.82) is 0 Å². The standard InChI is InChI=1S/C24H39NO8/c1-4-5-6-7-8-9-10-11-12-13-14-25-22(28)17-31-24-23(29)21(32-19(3)27)15-20(33-24)16-30-18(2)26/h15,20,24H,4-14,16-17H2,1-3H3,(H,25,28)/t20?,24-/m0/s1. The summed E-state index contributed by atoms with van der Waals surface area (Å²) in [7, 11) is 0. The third-order valence-corrected chi connectivity index (χ3v) is 5.02. The first-order valence-electron chi connectivity index (χ1n) is 11.9. The van der Waals surface area contributed by atoms with Gasteiger partial charge < -0.3 is 24.3 Å². The smallest absolute Gasteiger partial charge is 0.308 e. The number of amides is 1. The zero-order valence-corrected chi connectivity index (χ0v) is 20.2. The van der Waals surface area contributed by atoms with Crippen LogP contribution in [0.5, 0.6) is 0 Å². The van der Waals surface area contributed by atoms with Crippen molar-refractivity contribution >= 4 is 23.6 Å². The molecule has 1 aliphatic heterocycles. The Bertz CT molecular complexity index is 661. The molecule has 0 radical (unpaired) electrons. The highest BCUT2D eigenvalue weighted by Crippen LogP contribution is 2.19. The summed E-state index contributed by atoms with van der Waals surface area (Å²) in [6.45, 7) is 4.57. The van der Waals surface area contributed by atoms with E-state index in [1.807, 2.05) is 0 Å². The molecule has 0 aliphatic carbocycles. The van der Waals surface area contributed by atoms with Crippen LogP contribution in [0.15, 0.2) is 11.8 Å². The van der Waals surface area contributed by atoms with Gasteiger partial charge in [0.05, 0.1) is 0 Å². The lowest BCUT2D eigenvalue weighted by Gasteiger charge is -2.27. The van der Waals surface area contributed by atoms with Crippen molar-refractivity contribution in [1.82, 2.24) is 5.32 Å². The van der Waals surface area contributed by atoms with Gasteiger partial charge in [0, 0.05) is 20.4 Å². The van der Waals surface area contributed by atoms with Gasteiger partial charge in [-0.3, -0.25) is 19.2 Å².